The van der Waals surface area contributed by atoms with Gasteiger partial charge in [-0.3, -0.25) is 4.90 Å². The fourth-order valence-electron chi connectivity index (χ4n) is 11.3. The van der Waals surface area contributed by atoms with Gasteiger partial charge in [0.1, 0.15) is 11.0 Å². The van der Waals surface area contributed by atoms with Crippen LogP contribution in [-0.4, -0.2) is 79.7 Å². The lowest BCUT2D eigenvalue weighted by molar-refractivity contribution is -0.0424. The molecule has 0 amide bonds. The van der Waals surface area contributed by atoms with Crippen LogP contribution in [0, 0.1) is 0 Å². The number of nitrogens with one attached hydrogen (secondary N) is 1. The maximum Gasteiger partial charge on any atom is 0.227 e. The molecule has 86 heavy (non-hydrogen) atoms. The van der Waals surface area contributed by atoms with E-state index < -0.39 is 5.54 Å². The summed E-state index contributed by atoms with van der Waals surface area (Å²) in [7, 11) is 0. The number of oxazole rings is 2. The first-order valence-corrected chi connectivity index (χ1v) is 30.1. The number of rotatable bonds is 33. The smallest absolute Gasteiger partial charge is 0.227 e. The number of hydrogen-bond acceptors (Lipinski definition) is 10. The molecule has 440 valence electrons. The highest BCUT2D eigenvalue weighted by molar-refractivity contribution is 5.85. The number of aryl methyl sites for hydroxylation is 2. The van der Waals surface area contributed by atoms with Crippen molar-refractivity contribution in [2.75, 3.05) is 52.7 Å². The van der Waals surface area contributed by atoms with Gasteiger partial charge in [-0.1, -0.05) is 200 Å². The number of benzene rings is 9. The second-order valence-electron chi connectivity index (χ2n) is 21.7. The molecule has 11 aromatic rings. The van der Waals surface area contributed by atoms with Crippen LogP contribution in [0.15, 0.2) is 258 Å². The number of para-hydroxylation sites is 4. The van der Waals surface area contributed by atoms with Crippen molar-refractivity contribution in [1.29, 1.82) is 0 Å². The maximum atomic E-state index is 7.36. The molecule has 9 aromatic carbocycles. The third-order valence-electron chi connectivity index (χ3n) is 15.8. The van der Waals surface area contributed by atoms with Crippen molar-refractivity contribution >= 4 is 34.6 Å². The van der Waals surface area contributed by atoms with Gasteiger partial charge in [-0.05, 0) is 126 Å². The van der Waals surface area contributed by atoms with Crippen LogP contribution < -0.4 is 5.32 Å². The predicted octanol–water partition coefficient (Wildman–Crippen LogP) is 16.2. The molecule has 0 aliphatic rings. The first-order chi connectivity index (χ1) is 42.2. The first-order valence-electron chi connectivity index (χ1n) is 30.1. The quantitative estimate of drug-likeness (QED) is 0.0316. The van der Waals surface area contributed by atoms with E-state index in [-0.39, 0.29) is 24.6 Å². The molecular formula is C75H77ClN4O6. The summed E-state index contributed by atoms with van der Waals surface area (Å²) in [5.41, 5.74) is 12.6. The molecule has 0 radical (unpaired) electrons. The zero-order valence-electron chi connectivity index (χ0n) is 48.8. The van der Waals surface area contributed by atoms with Crippen molar-refractivity contribution in [2.24, 2.45) is 0 Å². The average molecular weight is 1170 g/mol. The molecule has 0 bridgehead atoms. The summed E-state index contributed by atoms with van der Waals surface area (Å²) in [6, 6.07) is 86.3. The number of unbranched alkanes of at least 4 members (excludes halogenated alkanes) is 2. The highest BCUT2D eigenvalue weighted by atomic mass is 35.5. The molecule has 0 saturated heterocycles. The Bertz CT molecular complexity index is 3520. The Labute approximate surface area is 512 Å². The molecule has 2 atom stereocenters. The summed E-state index contributed by atoms with van der Waals surface area (Å²) in [6.07, 6.45) is 5.58. The second-order valence-corrected chi connectivity index (χ2v) is 21.7. The minimum absolute atomic E-state index is 0. The molecular weight excluding hydrogens is 1090 g/mol. The lowest BCUT2D eigenvalue weighted by Gasteiger charge is -2.47. The summed E-state index contributed by atoms with van der Waals surface area (Å²) in [5.74, 6) is 1.21. The Morgan fingerprint density at radius 3 is 1.33 bits per heavy atom. The number of ether oxygens (including phenoxy) is 4. The molecule has 0 aliphatic heterocycles. The van der Waals surface area contributed by atoms with E-state index in [4.69, 9.17) is 37.7 Å². The summed E-state index contributed by atoms with van der Waals surface area (Å²) >= 11 is 0. The molecule has 2 aromatic heterocycles. The van der Waals surface area contributed by atoms with Crippen LogP contribution in [0.5, 0.6) is 0 Å². The van der Waals surface area contributed by atoms with E-state index in [2.05, 4.69) is 198 Å². The molecule has 11 rings (SSSR count). The minimum atomic E-state index is -0.759. The lowest BCUT2D eigenvalue weighted by atomic mass is 9.75. The zero-order valence-corrected chi connectivity index (χ0v) is 49.7. The van der Waals surface area contributed by atoms with E-state index in [1.165, 1.54) is 11.1 Å². The van der Waals surface area contributed by atoms with Crippen LogP contribution in [0.25, 0.3) is 45.1 Å². The van der Waals surface area contributed by atoms with E-state index in [9.17, 15) is 0 Å². The number of hydrogen-bond donors (Lipinski definition) is 1. The Balaban J connectivity index is 0.00000820. The van der Waals surface area contributed by atoms with Crippen LogP contribution in [0.2, 0.25) is 0 Å². The van der Waals surface area contributed by atoms with Gasteiger partial charge in [0.05, 0.1) is 50.7 Å². The minimum Gasteiger partial charge on any atom is -0.436 e. The number of fused-ring (bicyclic) bond motifs is 2. The molecule has 11 heteroatoms. The standard InChI is InChI=1S/C75H76N4O6.ClH/c1-6-24-58(25-7-1)28-20-22-50-80-57-69(76-48-52-81-55-60-40-44-62(45-41-60)73-77-67-36-16-18-38-70(67)84-73)72(83-51-23-21-29-59-26-8-2-9-27-59)54-79(49-53-82-56-61-42-46-63(47-43-61)74-78-68-37-17-19-39-71(68)85-74)75(64-30-10-3-11-31-64,65-32-12-4-13-33-65)66-34-14-5-15-35-66;/h1-19,24-27,30-47,69,72,76H,20-23,28-29,48-57H2;1H. The molecule has 2 heterocycles. The number of halogens is 1. The van der Waals surface area contributed by atoms with Crippen molar-refractivity contribution in [3.8, 4) is 22.9 Å². The SMILES string of the molecule is Cl.c1ccc(CCCCOCC(NCCOCc2ccc(-c3nc4ccccc4o3)cc2)C(CN(CCOCc2ccc(-c3nc4ccccc4o3)cc2)C(c2ccccc2)(c2ccccc2)c2ccccc2)OCCCCc2ccccc2)cc1. The van der Waals surface area contributed by atoms with Crippen LogP contribution in [-0.2, 0) is 50.5 Å². The second kappa shape index (κ2) is 31.9. The fourth-order valence-corrected chi connectivity index (χ4v) is 11.3. The van der Waals surface area contributed by atoms with Crippen molar-refractivity contribution < 1.29 is 27.8 Å². The van der Waals surface area contributed by atoms with Gasteiger partial charge < -0.3 is 33.1 Å². The van der Waals surface area contributed by atoms with Crippen molar-refractivity contribution in [1.82, 2.24) is 20.2 Å². The Hall–Kier alpha value is -8.03. The van der Waals surface area contributed by atoms with E-state index in [0.717, 1.165) is 99.7 Å². The van der Waals surface area contributed by atoms with E-state index in [1.807, 2.05) is 60.7 Å². The van der Waals surface area contributed by atoms with Crippen LogP contribution in [0.4, 0.5) is 0 Å². The number of aromatic nitrogens is 2. The predicted molar refractivity (Wildman–Crippen MR) is 347 cm³/mol. The van der Waals surface area contributed by atoms with Crippen LogP contribution >= 0.6 is 12.4 Å². The van der Waals surface area contributed by atoms with Crippen molar-refractivity contribution in [3.05, 3.63) is 288 Å². The van der Waals surface area contributed by atoms with E-state index >= 15 is 0 Å². The lowest BCUT2D eigenvalue weighted by Crippen LogP contribution is -2.57. The maximum absolute atomic E-state index is 7.36. The van der Waals surface area contributed by atoms with Gasteiger partial charge in [-0.25, -0.2) is 9.97 Å². The van der Waals surface area contributed by atoms with Crippen LogP contribution in [0.3, 0.4) is 0 Å². The summed E-state index contributed by atoms with van der Waals surface area (Å²) < 4.78 is 39.5. The molecule has 0 saturated carbocycles. The molecule has 10 nitrogen and oxygen atoms in total. The molecule has 0 spiro atoms. The molecule has 0 fully saturated rings. The third kappa shape index (κ3) is 16.3. The van der Waals surface area contributed by atoms with Gasteiger partial charge in [-0.15, -0.1) is 12.4 Å². The average Bonchev–Trinajstić information content (AvgIpc) is 1.18. The monoisotopic (exact) mass is 1160 g/mol. The summed E-state index contributed by atoms with van der Waals surface area (Å²) in [5, 5.41) is 3.96. The van der Waals surface area contributed by atoms with Gasteiger partial charge in [0.25, 0.3) is 0 Å². The molecule has 1 N–H and O–H groups in total. The van der Waals surface area contributed by atoms with Crippen molar-refractivity contribution in [2.45, 2.75) is 69.4 Å². The normalized spacial score (nSPS) is 12.4. The van der Waals surface area contributed by atoms with Gasteiger partial charge in [0.15, 0.2) is 11.2 Å². The van der Waals surface area contributed by atoms with Crippen molar-refractivity contribution in [3.63, 3.8) is 0 Å². The Morgan fingerprint density at radius 2 is 0.849 bits per heavy atom. The Kier molecular flexibility index (Phi) is 22.7. The van der Waals surface area contributed by atoms with Gasteiger partial charge in [0.2, 0.25) is 11.8 Å². The van der Waals surface area contributed by atoms with Gasteiger partial charge >= 0.3 is 0 Å². The third-order valence-corrected chi connectivity index (χ3v) is 15.8. The highest BCUT2D eigenvalue weighted by Gasteiger charge is 2.44. The highest BCUT2D eigenvalue weighted by Crippen LogP contribution is 2.43. The molecule has 2 unspecified atom stereocenters. The zero-order chi connectivity index (χ0) is 57.6. The largest absolute Gasteiger partial charge is 0.436 e. The number of nitrogens with zero attached hydrogens (tertiary/aromatic N) is 3. The first kappa shape index (κ1) is 61.1. The van der Waals surface area contributed by atoms with E-state index in [1.54, 1.807) is 0 Å². The van der Waals surface area contributed by atoms with E-state index in [0.29, 0.717) is 77.7 Å². The Morgan fingerprint density at radius 1 is 0.419 bits per heavy atom. The van der Waals surface area contributed by atoms with Crippen LogP contribution in [0.1, 0.15) is 64.6 Å². The molecule has 0 aliphatic carbocycles. The topological polar surface area (TPSA) is 104 Å². The summed E-state index contributed by atoms with van der Waals surface area (Å²) in [4.78, 5) is 12.0. The fraction of sp³-hybridized carbons (Fsp3) is 0.253. The summed E-state index contributed by atoms with van der Waals surface area (Å²) in [6.45, 7) is 5.22. The van der Waals surface area contributed by atoms with Gasteiger partial charge in [-0.2, -0.15) is 0 Å². The van der Waals surface area contributed by atoms with Gasteiger partial charge in [0, 0.05) is 44.0 Å².